The predicted molar refractivity (Wildman–Crippen MR) is 41.9 cm³/mol. The van der Waals surface area contributed by atoms with Crippen LogP contribution in [-0.4, -0.2) is 11.7 Å². The van der Waals surface area contributed by atoms with Gasteiger partial charge in [0, 0.05) is 12.5 Å². The molecule has 1 rings (SSSR count). The third kappa shape index (κ3) is 1.80. The number of aliphatic hydroxyl groups excluding tert-OH is 1. The van der Waals surface area contributed by atoms with E-state index in [9.17, 15) is 8.78 Å². The van der Waals surface area contributed by atoms with Gasteiger partial charge in [-0.2, -0.15) is 0 Å². The van der Waals surface area contributed by atoms with Crippen LogP contribution in [0.15, 0.2) is 18.2 Å². The van der Waals surface area contributed by atoms with Crippen LogP contribution in [0.2, 0.25) is 0 Å². The van der Waals surface area contributed by atoms with E-state index in [1.165, 1.54) is 0 Å². The first-order chi connectivity index (χ1) is 5.65. The summed E-state index contributed by atoms with van der Waals surface area (Å²) in [6.45, 7) is 1.46. The molecule has 0 spiro atoms. The maximum atomic E-state index is 12.9. The highest BCUT2D eigenvalue weighted by Gasteiger charge is 2.10. The molecule has 0 fully saturated rings. The Kier molecular flexibility index (Phi) is 2.76. The second kappa shape index (κ2) is 3.63. The molecule has 0 saturated carbocycles. The molecule has 1 N–H and O–H groups in total. The molecule has 0 saturated heterocycles. The van der Waals surface area contributed by atoms with E-state index in [2.05, 4.69) is 0 Å². The zero-order valence-electron chi connectivity index (χ0n) is 6.72. The van der Waals surface area contributed by atoms with Gasteiger partial charge in [0.05, 0.1) is 0 Å². The third-order valence-electron chi connectivity index (χ3n) is 1.76. The summed E-state index contributed by atoms with van der Waals surface area (Å²) in [6, 6.07) is 3.23. The van der Waals surface area contributed by atoms with Crippen molar-refractivity contribution in [1.82, 2.24) is 0 Å². The Morgan fingerprint density at radius 1 is 1.42 bits per heavy atom. The van der Waals surface area contributed by atoms with Crippen LogP contribution >= 0.6 is 0 Å². The van der Waals surface area contributed by atoms with Crippen LogP contribution < -0.4 is 0 Å². The fraction of sp³-hybridized carbons (Fsp3) is 0.333. The van der Waals surface area contributed by atoms with Crippen LogP contribution in [0, 0.1) is 11.6 Å². The van der Waals surface area contributed by atoms with Gasteiger partial charge >= 0.3 is 0 Å². The summed E-state index contributed by atoms with van der Waals surface area (Å²) in [5.41, 5.74) is 0.220. The van der Waals surface area contributed by atoms with Crippen molar-refractivity contribution in [3.63, 3.8) is 0 Å². The summed E-state index contributed by atoms with van der Waals surface area (Å²) in [6.07, 6.45) is 0. The topological polar surface area (TPSA) is 20.2 Å². The normalized spacial score (nSPS) is 13.0. The first-order valence-electron chi connectivity index (χ1n) is 3.71. The average Bonchev–Trinajstić information content (AvgIpc) is 2.08. The van der Waals surface area contributed by atoms with Gasteiger partial charge in [0.25, 0.3) is 0 Å². The summed E-state index contributed by atoms with van der Waals surface area (Å²) < 4.78 is 25.5. The zero-order valence-corrected chi connectivity index (χ0v) is 6.72. The van der Waals surface area contributed by atoms with Gasteiger partial charge < -0.3 is 5.11 Å². The molecule has 0 amide bonds. The highest BCUT2D eigenvalue weighted by Crippen LogP contribution is 2.19. The Hall–Kier alpha value is -0.960. The van der Waals surface area contributed by atoms with E-state index in [4.69, 9.17) is 5.11 Å². The average molecular weight is 172 g/mol. The lowest BCUT2D eigenvalue weighted by Crippen LogP contribution is -2.02. The van der Waals surface area contributed by atoms with Crippen molar-refractivity contribution >= 4 is 0 Å². The van der Waals surface area contributed by atoms with Crippen molar-refractivity contribution in [3.05, 3.63) is 35.4 Å². The molecule has 12 heavy (non-hydrogen) atoms. The van der Waals surface area contributed by atoms with Gasteiger partial charge in [0.2, 0.25) is 0 Å². The first-order valence-corrected chi connectivity index (χ1v) is 3.71. The zero-order chi connectivity index (χ0) is 9.14. The molecule has 1 aromatic rings. The number of benzene rings is 1. The van der Waals surface area contributed by atoms with E-state index in [-0.39, 0.29) is 18.1 Å². The first kappa shape index (κ1) is 9.13. The van der Waals surface area contributed by atoms with Crippen LogP contribution in [0.5, 0.6) is 0 Å². The monoisotopic (exact) mass is 172 g/mol. The minimum Gasteiger partial charge on any atom is -0.396 e. The molecule has 3 heteroatoms. The van der Waals surface area contributed by atoms with Gasteiger partial charge in [0.1, 0.15) is 11.6 Å². The molecular formula is C9H10F2O. The maximum absolute atomic E-state index is 12.9. The Bertz CT molecular complexity index is 273. The smallest absolute Gasteiger partial charge is 0.126 e. The predicted octanol–water partition coefficient (Wildman–Crippen LogP) is 2.06. The van der Waals surface area contributed by atoms with Crippen molar-refractivity contribution in [2.24, 2.45) is 0 Å². The molecule has 0 aromatic heterocycles. The Balaban J connectivity index is 3.04. The second-order valence-corrected chi connectivity index (χ2v) is 2.75. The minimum atomic E-state index is -0.480. The van der Waals surface area contributed by atoms with Crippen molar-refractivity contribution in [2.45, 2.75) is 12.8 Å². The quantitative estimate of drug-likeness (QED) is 0.723. The highest BCUT2D eigenvalue weighted by molar-refractivity contribution is 5.22. The molecule has 1 nitrogen and oxygen atoms in total. The molecule has 66 valence electrons. The van der Waals surface area contributed by atoms with Crippen molar-refractivity contribution in [3.8, 4) is 0 Å². The van der Waals surface area contributed by atoms with E-state index >= 15 is 0 Å². The number of hydrogen-bond acceptors (Lipinski definition) is 1. The molecular weight excluding hydrogens is 162 g/mol. The Morgan fingerprint density at radius 3 is 2.67 bits per heavy atom. The summed E-state index contributed by atoms with van der Waals surface area (Å²) >= 11 is 0. The fourth-order valence-corrected chi connectivity index (χ4v) is 0.991. The minimum absolute atomic E-state index is 0.180. The molecule has 0 radical (unpaired) electrons. The lowest BCUT2D eigenvalue weighted by Gasteiger charge is -2.08. The molecule has 0 heterocycles. The molecule has 0 aliphatic rings. The number of rotatable bonds is 2. The second-order valence-electron chi connectivity index (χ2n) is 2.75. The Morgan fingerprint density at radius 2 is 2.08 bits per heavy atom. The number of aliphatic hydroxyl groups is 1. The molecule has 1 atom stereocenters. The van der Waals surface area contributed by atoms with Gasteiger partial charge in [-0.15, -0.1) is 0 Å². The number of halogens is 2. The largest absolute Gasteiger partial charge is 0.396 e. The van der Waals surface area contributed by atoms with Gasteiger partial charge in [-0.05, 0) is 23.8 Å². The van der Waals surface area contributed by atoms with E-state index < -0.39 is 11.6 Å². The Labute approximate surface area is 69.7 Å². The van der Waals surface area contributed by atoms with Crippen LogP contribution in [0.1, 0.15) is 18.4 Å². The molecule has 1 aromatic carbocycles. The van der Waals surface area contributed by atoms with E-state index in [0.717, 1.165) is 18.2 Å². The van der Waals surface area contributed by atoms with Crippen molar-refractivity contribution in [1.29, 1.82) is 0 Å². The van der Waals surface area contributed by atoms with Crippen LogP contribution in [0.25, 0.3) is 0 Å². The van der Waals surface area contributed by atoms with E-state index in [1.807, 2.05) is 0 Å². The van der Waals surface area contributed by atoms with Gasteiger partial charge in [-0.1, -0.05) is 6.92 Å². The SMILES string of the molecule is CC(CO)c1cc(F)ccc1F. The highest BCUT2D eigenvalue weighted by atomic mass is 19.1. The van der Waals surface area contributed by atoms with Gasteiger partial charge in [0.15, 0.2) is 0 Å². The lowest BCUT2D eigenvalue weighted by molar-refractivity contribution is 0.270. The molecule has 0 aliphatic heterocycles. The van der Waals surface area contributed by atoms with Crippen molar-refractivity contribution < 1.29 is 13.9 Å². The van der Waals surface area contributed by atoms with Gasteiger partial charge in [-0.3, -0.25) is 0 Å². The molecule has 0 bridgehead atoms. The van der Waals surface area contributed by atoms with Crippen LogP contribution in [0.4, 0.5) is 8.78 Å². The molecule has 0 aliphatic carbocycles. The number of hydrogen-bond donors (Lipinski definition) is 1. The van der Waals surface area contributed by atoms with Crippen LogP contribution in [-0.2, 0) is 0 Å². The summed E-state index contributed by atoms with van der Waals surface area (Å²) in [5.74, 6) is -1.31. The third-order valence-corrected chi connectivity index (χ3v) is 1.76. The van der Waals surface area contributed by atoms with Crippen molar-refractivity contribution in [2.75, 3.05) is 6.61 Å². The summed E-state index contributed by atoms with van der Waals surface area (Å²) in [4.78, 5) is 0. The van der Waals surface area contributed by atoms with E-state index in [1.54, 1.807) is 6.92 Å². The van der Waals surface area contributed by atoms with Gasteiger partial charge in [-0.25, -0.2) is 8.78 Å². The lowest BCUT2D eigenvalue weighted by atomic mass is 10.0. The van der Waals surface area contributed by atoms with E-state index in [0.29, 0.717) is 0 Å². The van der Waals surface area contributed by atoms with Crippen LogP contribution in [0.3, 0.4) is 0 Å². The summed E-state index contributed by atoms with van der Waals surface area (Å²) in [7, 11) is 0. The molecule has 1 unspecified atom stereocenters. The summed E-state index contributed by atoms with van der Waals surface area (Å²) in [5, 5.41) is 8.71. The fourth-order valence-electron chi connectivity index (χ4n) is 0.991. The maximum Gasteiger partial charge on any atom is 0.126 e. The standard InChI is InChI=1S/C9H10F2O/c1-6(5-12)8-4-7(10)2-3-9(8)11/h2-4,6,12H,5H2,1H3.